The summed E-state index contributed by atoms with van der Waals surface area (Å²) in [5, 5.41) is 4.42. The molecule has 0 saturated carbocycles. The van der Waals surface area contributed by atoms with E-state index >= 15 is 0 Å². The molecule has 0 aliphatic rings. The van der Waals surface area contributed by atoms with E-state index in [2.05, 4.69) is 17.2 Å². The number of ether oxygens (including phenoxy) is 1. The highest BCUT2D eigenvalue weighted by Crippen LogP contribution is 2.24. The van der Waals surface area contributed by atoms with Crippen molar-refractivity contribution in [2.75, 3.05) is 11.9 Å². The van der Waals surface area contributed by atoms with Gasteiger partial charge in [0.15, 0.2) is 0 Å². The van der Waals surface area contributed by atoms with E-state index in [4.69, 9.17) is 27.9 Å². The minimum Gasteiger partial charge on any atom is -0.487 e. The van der Waals surface area contributed by atoms with Gasteiger partial charge in [-0.05, 0) is 36.8 Å². The fourth-order valence-corrected chi connectivity index (χ4v) is 2.21. The zero-order chi connectivity index (χ0) is 14.4. The molecule has 1 aromatic heterocycles. The molecule has 0 radical (unpaired) electrons. The van der Waals surface area contributed by atoms with E-state index in [-0.39, 0.29) is 0 Å². The molecule has 0 aliphatic heterocycles. The van der Waals surface area contributed by atoms with Crippen LogP contribution in [0.25, 0.3) is 0 Å². The summed E-state index contributed by atoms with van der Waals surface area (Å²) in [6.07, 6.45) is 2.84. The van der Waals surface area contributed by atoms with Crippen LogP contribution < -0.4 is 10.1 Å². The van der Waals surface area contributed by atoms with Crippen molar-refractivity contribution < 1.29 is 4.74 Å². The lowest BCUT2D eigenvalue weighted by atomic mass is 10.3. The van der Waals surface area contributed by atoms with Crippen LogP contribution in [0.15, 0.2) is 36.5 Å². The lowest BCUT2D eigenvalue weighted by Gasteiger charge is -2.09. The third-order valence-corrected chi connectivity index (χ3v) is 3.05. The predicted octanol–water partition coefficient (Wildman–Crippen LogP) is 4.79. The number of nitrogens with zero attached hydrogens (tertiary/aromatic N) is 1. The maximum absolute atomic E-state index is 5.92. The van der Waals surface area contributed by atoms with Gasteiger partial charge in [0, 0.05) is 28.5 Å². The summed E-state index contributed by atoms with van der Waals surface area (Å²) >= 11 is 11.8. The Labute approximate surface area is 128 Å². The second-order valence-electron chi connectivity index (χ2n) is 4.36. The van der Waals surface area contributed by atoms with Crippen LogP contribution in [0.1, 0.15) is 19.0 Å². The topological polar surface area (TPSA) is 34.2 Å². The molecule has 1 N–H and O–H groups in total. The van der Waals surface area contributed by atoms with E-state index in [1.54, 1.807) is 24.4 Å². The molecule has 0 amide bonds. The molecule has 20 heavy (non-hydrogen) atoms. The quantitative estimate of drug-likeness (QED) is 0.833. The summed E-state index contributed by atoms with van der Waals surface area (Å²) in [7, 11) is 0. The number of hydrogen-bond donors (Lipinski definition) is 1. The van der Waals surface area contributed by atoms with E-state index in [9.17, 15) is 0 Å². The molecule has 5 heteroatoms. The molecule has 0 atom stereocenters. The molecule has 0 aliphatic carbocycles. The van der Waals surface area contributed by atoms with Crippen molar-refractivity contribution in [1.29, 1.82) is 0 Å². The molecular formula is C15H16Cl2N2O. The van der Waals surface area contributed by atoms with Gasteiger partial charge in [-0.2, -0.15) is 0 Å². The second kappa shape index (κ2) is 7.36. The average Bonchev–Trinajstić information content (AvgIpc) is 2.42. The summed E-state index contributed by atoms with van der Waals surface area (Å²) in [6, 6.07) is 9.04. The average molecular weight is 311 g/mol. The van der Waals surface area contributed by atoms with Crippen LogP contribution in [0.3, 0.4) is 0 Å². The van der Waals surface area contributed by atoms with E-state index in [1.807, 2.05) is 12.1 Å². The van der Waals surface area contributed by atoms with Crippen LogP contribution >= 0.6 is 23.2 Å². The standard InChI is InChI=1S/C15H16Cl2N2O/c1-2-4-18-13-3-5-19-14(9-13)10-20-15-7-11(16)6-12(17)8-15/h3,5-9H,2,4,10H2,1H3,(H,18,19). The molecule has 1 heterocycles. The van der Waals surface area contributed by atoms with Crippen LogP contribution in [0.4, 0.5) is 5.69 Å². The molecule has 0 unspecified atom stereocenters. The summed E-state index contributed by atoms with van der Waals surface area (Å²) in [5.74, 6) is 0.635. The maximum atomic E-state index is 5.92. The van der Waals surface area contributed by atoms with Crippen molar-refractivity contribution in [3.63, 3.8) is 0 Å². The monoisotopic (exact) mass is 310 g/mol. The van der Waals surface area contributed by atoms with Gasteiger partial charge in [0.05, 0.1) is 5.69 Å². The van der Waals surface area contributed by atoms with Gasteiger partial charge in [0.1, 0.15) is 12.4 Å². The van der Waals surface area contributed by atoms with E-state index in [1.165, 1.54) is 0 Å². The van der Waals surface area contributed by atoms with E-state index in [0.29, 0.717) is 22.4 Å². The van der Waals surface area contributed by atoms with Crippen molar-refractivity contribution in [2.45, 2.75) is 20.0 Å². The van der Waals surface area contributed by atoms with Gasteiger partial charge in [-0.1, -0.05) is 30.1 Å². The number of nitrogens with one attached hydrogen (secondary N) is 1. The number of rotatable bonds is 6. The van der Waals surface area contributed by atoms with Crippen molar-refractivity contribution in [2.24, 2.45) is 0 Å². The van der Waals surface area contributed by atoms with Crippen LogP contribution in [0.5, 0.6) is 5.75 Å². The number of halogens is 2. The van der Waals surface area contributed by atoms with Crippen LogP contribution in [-0.2, 0) is 6.61 Å². The third-order valence-electron chi connectivity index (χ3n) is 2.62. The number of benzene rings is 1. The van der Waals surface area contributed by atoms with Gasteiger partial charge in [0.25, 0.3) is 0 Å². The summed E-state index contributed by atoms with van der Waals surface area (Å²) < 4.78 is 5.65. The van der Waals surface area contributed by atoms with Gasteiger partial charge >= 0.3 is 0 Å². The highest BCUT2D eigenvalue weighted by molar-refractivity contribution is 6.34. The Bertz CT molecular complexity index is 555. The minimum absolute atomic E-state index is 0.373. The molecule has 3 nitrogen and oxygen atoms in total. The molecule has 0 bridgehead atoms. The Kier molecular flexibility index (Phi) is 5.50. The Morgan fingerprint density at radius 1 is 1.15 bits per heavy atom. The van der Waals surface area contributed by atoms with Crippen molar-refractivity contribution in [1.82, 2.24) is 4.98 Å². The smallest absolute Gasteiger partial charge is 0.130 e. The fraction of sp³-hybridized carbons (Fsp3) is 0.267. The minimum atomic E-state index is 0.373. The van der Waals surface area contributed by atoms with Gasteiger partial charge in [0.2, 0.25) is 0 Å². The Hall–Kier alpha value is -1.45. The first-order valence-corrected chi connectivity index (χ1v) is 7.20. The normalized spacial score (nSPS) is 10.3. The maximum Gasteiger partial charge on any atom is 0.130 e. The first kappa shape index (κ1) is 14.9. The van der Waals surface area contributed by atoms with Gasteiger partial charge < -0.3 is 10.1 Å². The third kappa shape index (κ3) is 4.58. The van der Waals surface area contributed by atoms with Gasteiger partial charge in [-0.3, -0.25) is 4.98 Å². The first-order valence-electron chi connectivity index (χ1n) is 6.45. The first-order chi connectivity index (χ1) is 9.67. The largest absolute Gasteiger partial charge is 0.487 e. The number of hydrogen-bond acceptors (Lipinski definition) is 3. The highest BCUT2D eigenvalue weighted by atomic mass is 35.5. The van der Waals surface area contributed by atoms with Crippen LogP contribution in [-0.4, -0.2) is 11.5 Å². The van der Waals surface area contributed by atoms with Crippen molar-refractivity contribution >= 4 is 28.9 Å². The number of pyridine rings is 1. The van der Waals surface area contributed by atoms with Gasteiger partial charge in [-0.25, -0.2) is 0 Å². The lowest BCUT2D eigenvalue weighted by Crippen LogP contribution is -2.03. The molecule has 0 fully saturated rings. The molecular weight excluding hydrogens is 295 g/mol. The Balaban J connectivity index is 1.99. The SMILES string of the molecule is CCCNc1ccnc(COc2cc(Cl)cc(Cl)c2)c1. The molecule has 0 saturated heterocycles. The number of anilines is 1. The molecule has 106 valence electrons. The zero-order valence-corrected chi connectivity index (χ0v) is 12.7. The van der Waals surface area contributed by atoms with Crippen molar-refractivity contribution in [3.05, 3.63) is 52.3 Å². The fourth-order valence-electron chi connectivity index (χ4n) is 1.71. The second-order valence-corrected chi connectivity index (χ2v) is 5.23. The molecule has 0 spiro atoms. The summed E-state index contributed by atoms with van der Waals surface area (Å²) in [6.45, 7) is 3.44. The molecule has 2 aromatic rings. The van der Waals surface area contributed by atoms with Crippen molar-refractivity contribution in [3.8, 4) is 5.75 Å². The summed E-state index contributed by atoms with van der Waals surface area (Å²) in [4.78, 5) is 4.28. The Morgan fingerprint density at radius 2 is 1.90 bits per heavy atom. The highest BCUT2D eigenvalue weighted by Gasteiger charge is 2.02. The van der Waals surface area contributed by atoms with Gasteiger partial charge in [-0.15, -0.1) is 0 Å². The van der Waals surface area contributed by atoms with Crippen LogP contribution in [0.2, 0.25) is 10.0 Å². The molecule has 2 rings (SSSR count). The predicted molar refractivity (Wildman–Crippen MR) is 83.8 cm³/mol. The van der Waals surface area contributed by atoms with E-state index in [0.717, 1.165) is 24.3 Å². The van der Waals surface area contributed by atoms with Crippen LogP contribution in [0, 0.1) is 0 Å². The number of aromatic nitrogens is 1. The van der Waals surface area contributed by atoms with E-state index < -0.39 is 0 Å². The Morgan fingerprint density at radius 3 is 2.60 bits per heavy atom. The molecule has 1 aromatic carbocycles. The zero-order valence-electron chi connectivity index (χ0n) is 11.2. The summed E-state index contributed by atoms with van der Waals surface area (Å²) in [5.41, 5.74) is 1.90. The lowest BCUT2D eigenvalue weighted by molar-refractivity contribution is 0.301.